The number of amides is 2. The van der Waals surface area contributed by atoms with Crippen molar-refractivity contribution in [3.63, 3.8) is 0 Å². The fraction of sp³-hybridized carbons (Fsp3) is 0.588. The lowest BCUT2D eigenvalue weighted by Crippen LogP contribution is -2.38. The first-order valence-electron chi connectivity index (χ1n) is 7.86. The molecule has 2 N–H and O–H groups in total. The summed E-state index contributed by atoms with van der Waals surface area (Å²) < 4.78 is 0. The van der Waals surface area contributed by atoms with Gasteiger partial charge in [-0.15, -0.1) is 0 Å². The number of carbonyl (C=O) groups excluding carboxylic acids is 1. The summed E-state index contributed by atoms with van der Waals surface area (Å²) in [5, 5.41) is 12.6. The van der Waals surface area contributed by atoms with Crippen molar-refractivity contribution in [2.45, 2.75) is 32.9 Å². The van der Waals surface area contributed by atoms with Crippen molar-refractivity contribution >= 4 is 11.7 Å². The minimum atomic E-state index is -0.352. The van der Waals surface area contributed by atoms with Gasteiger partial charge in [0.05, 0.1) is 6.10 Å². The van der Waals surface area contributed by atoms with E-state index in [4.69, 9.17) is 0 Å². The molecule has 122 valence electrons. The van der Waals surface area contributed by atoms with Crippen LogP contribution in [0.2, 0.25) is 0 Å². The molecule has 0 aliphatic carbocycles. The van der Waals surface area contributed by atoms with Crippen molar-refractivity contribution in [2.75, 3.05) is 32.1 Å². The lowest BCUT2D eigenvalue weighted by Gasteiger charge is -2.21. The summed E-state index contributed by atoms with van der Waals surface area (Å²) in [5.74, 6) is 0.197. The molecule has 1 aliphatic rings. The van der Waals surface area contributed by atoms with Gasteiger partial charge in [0.2, 0.25) is 0 Å². The van der Waals surface area contributed by atoms with E-state index in [0.29, 0.717) is 13.1 Å². The average molecular weight is 305 g/mol. The molecule has 0 spiro atoms. The Balaban J connectivity index is 1.95. The lowest BCUT2D eigenvalue weighted by atomic mass is 10.0. The first-order valence-corrected chi connectivity index (χ1v) is 7.86. The number of urea groups is 1. The van der Waals surface area contributed by atoms with E-state index in [0.717, 1.165) is 24.2 Å². The number of benzene rings is 1. The molecule has 0 bridgehead atoms. The fourth-order valence-corrected chi connectivity index (χ4v) is 2.89. The number of hydrogen-bond acceptors (Lipinski definition) is 3. The van der Waals surface area contributed by atoms with Gasteiger partial charge in [0, 0.05) is 45.3 Å². The smallest absolute Gasteiger partial charge is 0.317 e. The van der Waals surface area contributed by atoms with E-state index in [9.17, 15) is 9.90 Å². The van der Waals surface area contributed by atoms with Gasteiger partial charge in [0.1, 0.15) is 0 Å². The number of nitrogens with one attached hydrogen (secondary N) is 1. The predicted octanol–water partition coefficient (Wildman–Crippen LogP) is 1.97. The Bertz CT molecular complexity index is 529. The molecule has 2 atom stereocenters. The number of carbonyl (C=O) groups is 1. The Kier molecular flexibility index (Phi) is 5.29. The van der Waals surface area contributed by atoms with E-state index in [1.54, 1.807) is 11.8 Å². The minimum Gasteiger partial charge on any atom is -0.393 e. The summed E-state index contributed by atoms with van der Waals surface area (Å²) in [5.41, 5.74) is 3.44. The molecule has 1 heterocycles. The van der Waals surface area contributed by atoms with Gasteiger partial charge < -0.3 is 20.2 Å². The topological polar surface area (TPSA) is 55.8 Å². The molecule has 5 heteroatoms. The van der Waals surface area contributed by atoms with Crippen molar-refractivity contribution in [2.24, 2.45) is 5.92 Å². The van der Waals surface area contributed by atoms with E-state index in [1.807, 2.05) is 14.1 Å². The van der Waals surface area contributed by atoms with Gasteiger partial charge in [0.25, 0.3) is 0 Å². The third-order valence-corrected chi connectivity index (χ3v) is 4.35. The summed E-state index contributed by atoms with van der Waals surface area (Å²) in [4.78, 5) is 16.1. The van der Waals surface area contributed by atoms with Gasteiger partial charge in [-0.3, -0.25) is 0 Å². The van der Waals surface area contributed by atoms with Crippen LogP contribution in [-0.2, 0) is 6.54 Å². The predicted molar refractivity (Wildman–Crippen MR) is 89.1 cm³/mol. The molecule has 5 nitrogen and oxygen atoms in total. The molecule has 2 amide bonds. The minimum absolute atomic E-state index is 0.0477. The Labute approximate surface area is 132 Å². The van der Waals surface area contributed by atoms with E-state index < -0.39 is 0 Å². The first-order chi connectivity index (χ1) is 10.4. The number of likely N-dealkylation sites (tertiary alicyclic amines) is 1. The molecule has 1 aromatic rings. The highest BCUT2D eigenvalue weighted by Crippen LogP contribution is 2.21. The molecule has 0 aromatic heterocycles. The average Bonchev–Trinajstić information content (AvgIpc) is 2.95. The van der Waals surface area contributed by atoms with Crippen LogP contribution in [0.4, 0.5) is 10.5 Å². The summed E-state index contributed by atoms with van der Waals surface area (Å²) in [6, 6.07) is 6.20. The number of nitrogens with zero attached hydrogens (tertiary/aromatic N) is 2. The van der Waals surface area contributed by atoms with Gasteiger partial charge in [-0.05, 0) is 37.5 Å². The van der Waals surface area contributed by atoms with Crippen LogP contribution in [-0.4, -0.2) is 49.3 Å². The maximum absolute atomic E-state index is 12.3. The molecule has 1 aromatic carbocycles. The zero-order chi connectivity index (χ0) is 16.3. The normalized spacial score (nSPS) is 19.1. The van der Waals surface area contributed by atoms with E-state index >= 15 is 0 Å². The fourth-order valence-electron chi connectivity index (χ4n) is 2.89. The second-order valence-corrected chi connectivity index (χ2v) is 6.42. The highest BCUT2D eigenvalue weighted by Gasteiger charge is 2.28. The molecular weight excluding hydrogens is 278 g/mol. The number of anilines is 1. The van der Waals surface area contributed by atoms with Crippen LogP contribution in [0.1, 0.15) is 24.5 Å². The largest absolute Gasteiger partial charge is 0.393 e. The molecule has 2 rings (SSSR count). The summed E-state index contributed by atoms with van der Waals surface area (Å²) >= 11 is 0. The monoisotopic (exact) mass is 305 g/mol. The number of aryl methyl sites for hydroxylation is 1. The standard InChI is InChI=1S/C17H27N3O2/c1-12-5-6-14(16(9-12)19(3)4)10-18-17(22)20-8-7-15(11-20)13(2)21/h5-6,9,13,15,21H,7-8,10-11H2,1-4H3,(H,18,22). The van der Waals surface area contributed by atoms with Crippen LogP contribution in [0.25, 0.3) is 0 Å². The summed E-state index contributed by atoms with van der Waals surface area (Å²) in [7, 11) is 4.02. The van der Waals surface area contributed by atoms with Crippen LogP contribution < -0.4 is 10.2 Å². The Morgan fingerprint density at radius 3 is 2.82 bits per heavy atom. The Morgan fingerprint density at radius 1 is 1.50 bits per heavy atom. The van der Waals surface area contributed by atoms with E-state index in [2.05, 4.69) is 35.3 Å². The van der Waals surface area contributed by atoms with E-state index in [1.165, 1.54) is 5.56 Å². The maximum atomic E-state index is 12.3. The molecule has 2 unspecified atom stereocenters. The van der Waals surface area contributed by atoms with Crippen LogP contribution in [0.3, 0.4) is 0 Å². The van der Waals surface area contributed by atoms with Crippen molar-refractivity contribution in [3.8, 4) is 0 Å². The summed E-state index contributed by atoms with van der Waals surface area (Å²) in [6.45, 7) is 5.73. The molecule has 22 heavy (non-hydrogen) atoms. The molecule has 0 saturated carbocycles. The summed E-state index contributed by atoms with van der Waals surface area (Å²) in [6.07, 6.45) is 0.522. The second kappa shape index (κ2) is 7.01. The number of aliphatic hydroxyl groups excluding tert-OH is 1. The van der Waals surface area contributed by atoms with Crippen LogP contribution >= 0.6 is 0 Å². The lowest BCUT2D eigenvalue weighted by molar-refractivity contribution is 0.129. The van der Waals surface area contributed by atoms with Crippen molar-refractivity contribution in [1.82, 2.24) is 10.2 Å². The molecule has 1 aliphatic heterocycles. The number of rotatable bonds is 4. The van der Waals surface area contributed by atoms with E-state index in [-0.39, 0.29) is 18.1 Å². The van der Waals surface area contributed by atoms with Gasteiger partial charge in [-0.1, -0.05) is 12.1 Å². The van der Waals surface area contributed by atoms with Gasteiger partial charge in [-0.25, -0.2) is 4.79 Å². The van der Waals surface area contributed by atoms with Crippen LogP contribution in [0, 0.1) is 12.8 Å². The van der Waals surface area contributed by atoms with Crippen LogP contribution in [0.15, 0.2) is 18.2 Å². The zero-order valence-electron chi connectivity index (χ0n) is 14.0. The molecule has 1 fully saturated rings. The van der Waals surface area contributed by atoms with Crippen molar-refractivity contribution < 1.29 is 9.90 Å². The number of hydrogen-bond donors (Lipinski definition) is 2. The van der Waals surface area contributed by atoms with Crippen molar-refractivity contribution in [3.05, 3.63) is 29.3 Å². The zero-order valence-corrected chi connectivity index (χ0v) is 14.0. The third kappa shape index (κ3) is 3.91. The van der Waals surface area contributed by atoms with Gasteiger partial charge in [-0.2, -0.15) is 0 Å². The first kappa shape index (κ1) is 16.6. The molecular formula is C17H27N3O2. The second-order valence-electron chi connectivity index (χ2n) is 6.42. The maximum Gasteiger partial charge on any atom is 0.317 e. The van der Waals surface area contributed by atoms with Crippen LogP contribution in [0.5, 0.6) is 0 Å². The Hall–Kier alpha value is -1.75. The highest BCUT2D eigenvalue weighted by atomic mass is 16.3. The van der Waals surface area contributed by atoms with Gasteiger partial charge >= 0.3 is 6.03 Å². The third-order valence-electron chi connectivity index (χ3n) is 4.35. The quantitative estimate of drug-likeness (QED) is 0.894. The molecule has 1 saturated heterocycles. The van der Waals surface area contributed by atoms with Crippen molar-refractivity contribution in [1.29, 1.82) is 0 Å². The highest BCUT2D eigenvalue weighted by molar-refractivity contribution is 5.74. The SMILES string of the molecule is Cc1ccc(CNC(=O)N2CCC(C(C)O)C2)c(N(C)C)c1. The number of aliphatic hydroxyl groups is 1. The molecule has 0 radical (unpaired) electrons. The van der Waals surface area contributed by atoms with Gasteiger partial charge in [0.15, 0.2) is 0 Å². The Morgan fingerprint density at radius 2 is 2.23 bits per heavy atom.